The summed E-state index contributed by atoms with van der Waals surface area (Å²) in [7, 11) is 0. The van der Waals surface area contributed by atoms with Crippen LogP contribution in [0.25, 0.3) is 0 Å². The van der Waals surface area contributed by atoms with Crippen LogP contribution in [0.4, 0.5) is 0 Å². The minimum atomic E-state index is 0.407. The SMILES string of the molecule is C[C@@H]1[C@H]2C[C@@H](C[C@H]1NCCNCC(c1ccccc1)c1ccccc1)C2(C)C. The van der Waals surface area contributed by atoms with Gasteiger partial charge in [0.25, 0.3) is 0 Å². The van der Waals surface area contributed by atoms with E-state index in [-0.39, 0.29) is 0 Å². The Labute approximate surface area is 171 Å². The van der Waals surface area contributed by atoms with E-state index in [4.69, 9.17) is 0 Å². The molecule has 28 heavy (non-hydrogen) atoms. The van der Waals surface area contributed by atoms with Gasteiger partial charge in [0.15, 0.2) is 0 Å². The summed E-state index contributed by atoms with van der Waals surface area (Å²) in [4.78, 5) is 0. The Kier molecular flexibility index (Phi) is 5.89. The molecule has 3 aliphatic carbocycles. The van der Waals surface area contributed by atoms with Crippen LogP contribution in [0.1, 0.15) is 50.7 Å². The fourth-order valence-corrected chi connectivity index (χ4v) is 5.81. The molecule has 0 aromatic heterocycles. The molecule has 0 spiro atoms. The zero-order chi connectivity index (χ0) is 19.6. The van der Waals surface area contributed by atoms with Crippen molar-refractivity contribution in [2.75, 3.05) is 19.6 Å². The molecule has 2 N–H and O–H groups in total. The van der Waals surface area contributed by atoms with Crippen LogP contribution in [-0.2, 0) is 0 Å². The highest BCUT2D eigenvalue weighted by molar-refractivity contribution is 5.32. The van der Waals surface area contributed by atoms with Crippen molar-refractivity contribution in [3.8, 4) is 0 Å². The Morgan fingerprint density at radius 1 is 0.893 bits per heavy atom. The van der Waals surface area contributed by atoms with Gasteiger partial charge < -0.3 is 10.6 Å². The Hall–Kier alpha value is -1.64. The van der Waals surface area contributed by atoms with E-state index in [1.54, 1.807) is 0 Å². The molecule has 0 radical (unpaired) electrons. The van der Waals surface area contributed by atoms with Crippen LogP contribution in [-0.4, -0.2) is 25.7 Å². The average Bonchev–Trinajstić information content (AvgIpc) is 2.72. The largest absolute Gasteiger partial charge is 0.315 e. The maximum atomic E-state index is 3.86. The van der Waals surface area contributed by atoms with Gasteiger partial charge in [0.05, 0.1) is 0 Å². The Bertz CT molecular complexity index is 700. The van der Waals surface area contributed by atoms with E-state index in [0.29, 0.717) is 17.4 Å². The maximum Gasteiger partial charge on any atom is 0.0214 e. The lowest BCUT2D eigenvalue weighted by Crippen LogP contribution is -2.60. The highest BCUT2D eigenvalue weighted by Gasteiger charge is 2.55. The summed E-state index contributed by atoms with van der Waals surface area (Å²) in [6, 6.07) is 22.5. The fraction of sp³-hybridized carbons (Fsp3) is 0.538. The van der Waals surface area contributed by atoms with Gasteiger partial charge in [-0.2, -0.15) is 0 Å². The number of rotatable bonds is 8. The van der Waals surface area contributed by atoms with Crippen molar-refractivity contribution in [2.24, 2.45) is 23.2 Å². The van der Waals surface area contributed by atoms with Crippen LogP contribution in [0.15, 0.2) is 60.7 Å². The molecule has 0 aliphatic heterocycles. The molecule has 0 amide bonds. The van der Waals surface area contributed by atoms with E-state index < -0.39 is 0 Å². The van der Waals surface area contributed by atoms with Crippen LogP contribution in [0.2, 0.25) is 0 Å². The van der Waals surface area contributed by atoms with Gasteiger partial charge in [0.2, 0.25) is 0 Å². The average molecular weight is 377 g/mol. The number of benzene rings is 2. The summed E-state index contributed by atoms with van der Waals surface area (Å²) in [6.07, 6.45) is 2.82. The van der Waals surface area contributed by atoms with Crippen LogP contribution < -0.4 is 10.6 Å². The molecular formula is C26H36N2. The number of nitrogens with one attached hydrogen (secondary N) is 2. The summed E-state index contributed by atoms with van der Waals surface area (Å²) >= 11 is 0. The minimum Gasteiger partial charge on any atom is -0.315 e. The lowest BCUT2D eigenvalue weighted by molar-refractivity contribution is -0.114. The third-order valence-electron chi connectivity index (χ3n) is 7.81. The van der Waals surface area contributed by atoms with Gasteiger partial charge >= 0.3 is 0 Å². The van der Waals surface area contributed by atoms with Gasteiger partial charge in [0, 0.05) is 31.6 Å². The Morgan fingerprint density at radius 2 is 1.50 bits per heavy atom. The van der Waals surface area contributed by atoms with E-state index in [1.165, 1.54) is 24.0 Å². The van der Waals surface area contributed by atoms with Crippen molar-refractivity contribution in [1.29, 1.82) is 0 Å². The molecule has 4 atom stereocenters. The zero-order valence-electron chi connectivity index (χ0n) is 17.7. The Morgan fingerprint density at radius 3 is 2.04 bits per heavy atom. The first-order valence-corrected chi connectivity index (χ1v) is 11.1. The van der Waals surface area contributed by atoms with E-state index in [2.05, 4.69) is 92.1 Å². The minimum absolute atomic E-state index is 0.407. The summed E-state index contributed by atoms with van der Waals surface area (Å²) in [5, 5.41) is 7.57. The second-order valence-electron chi connectivity index (χ2n) is 9.59. The van der Waals surface area contributed by atoms with Gasteiger partial charge in [-0.05, 0) is 47.1 Å². The van der Waals surface area contributed by atoms with Crippen LogP contribution >= 0.6 is 0 Å². The van der Waals surface area contributed by atoms with Gasteiger partial charge in [-0.3, -0.25) is 0 Å². The molecule has 0 unspecified atom stereocenters. The molecule has 3 aliphatic rings. The van der Waals surface area contributed by atoms with Crippen LogP contribution in [0, 0.1) is 23.2 Å². The van der Waals surface area contributed by atoms with Crippen molar-refractivity contribution in [3.63, 3.8) is 0 Å². The summed E-state index contributed by atoms with van der Waals surface area (Å²) < 4.78 is 0. The molecular weight excluding hydrogens is 340 g/mol. The van der Waals surface area contributed by atoms with Crippen molar-refractivity contribution in [1.82, 2.24) is 10.6 Å². The second-order valence-corrected chi connectivity index (χ2v) is 9.59. The number of hydrogen-bond donors (Lipinski definition) is 2. The van der Waals surface area contributed by atoms with E-state index in [1.807, 2.05) is 0 Å². The van der Waals surface area contributed by atoms with Crippen molar-refractivity contribution >= 4 is 0 Å². The van der Waals surface area contributed by atoms with Gasteiger partial charge in [0.1, 0.15) is 0 Å². The maximum absolute atomic E-state index is 3.86. The summed E-state index contributed by atoms with van der Waals surface area (Å²) in [5.41, 5.74) is 3.35. The molecule has 2 aromatic rings. The topological polar surface area (TPSA) is 24.1 Å². The molecule has 0 heterocycles. The monoisotopic (exact) mass is 376 g/mol. The van der Waals surface area contributed by atoms with Crippen molar-refractivity contribution in [2.45, 2.75) is 45.6 Å². The zero-order valence-corrected chi connectivity index (χ0v) is 17.7. The molecule has 2 nitrogen and oxygen atoms in total. The van der Waals surface area contributed by atoms with Crippen molar-refractivity contribution < 1.29 is 0 Å². The quantitative estimate of drug-likeness (QED) is 0.629. The van der Waals surface area contributed by atoms with E-state index >= 15 is 0 Å². The highest BCUT2D eigenvalue weighted by Crippen LogP contribution is 2.61. The molecule has 150 valence electrons. The molecule has 2 heteroatoms. The molecule has 3 fully saturated rings. The third-order valence-corrected chi connectivity index (χ3v) is 7.81. The number of hydrogen-bond acceptors (Lipinski definition) is 2. The first kappa shape index (κ1) is 19.7. The predicted octanol–water partition coefficient (Wildman–Crippen LogP) is 5.07. The summed E-state index contributed by atoms with van der Waals surface area (Å²) in [5.74, 6) is 3.06. The van der Waals surface area contributed by atoms with Gasteiger partial charge in [-0.25, -0.2) is 0 Å². The fourth-order valence-electron chi connectivity index (χ4n) is 5.81. The van der Waals surface area contributed by atoms with Gasteiger partial charge in [-0.15, -0.1) is 0 Å². The lowest BCUT2D eigenvalue weighted by atomic mass is 9.45. The first-order chi connectivity index (χ1) is 13.6. The van der Waals surface area contributed by atoms with Crippen LogP contribution in [0.3, 0.4) is 0 Å². The predicted molar refractivity (Wildman–Crippen MR) is 119 cm³/mol. The van der Waals surface area contributed by atoms with E-state index in [0.717, 1.165) is 37.4 Å². The van der Waals surface area contributed by atoms with E-state index in [9.17, 15) is 0 Å². The number of fused-ring (bicyclic) bond motifs is 2. The molecule has 2 bridgehead atoms. The summed E-state index contributed by atoms with van der Waals surface area (Å²) in [6.45, 7) is 10.5. The standard InChI is InChI=1S/C26H36N2/c1-19-24-16-22(26(24,2)3)17-25(19)28-15-14-27-18-23(20-10-6-4-7-11-20)21-12-8-5-9-13-21/h4-13,19,22-25,27-28H,14-18H2,1-3H3/t19-,22+,24-,25-/m1/s1. The second kappa shape index (κ2) is 8.39. The smallest absolute Gasteiger partial charge is 0.0214 e. The Balaban J connectivity index is 1.27. The molecule has 2 aromatic carbocycles. The van der Waals surface area contributed by atoms with Crippen LogP contribution in [0.5, 0.6) is 0 Å². The molecule has 3 saturated carbocycles. The normalized spacial score (nSPS) is 28.1. The molecule has 0 saturated heterocycles. The van der Waals surface area contributed by atoms with Crippen molar-refractivity contribution in [3.05, 3.63) is 71.8 Å². The van der Waals surface area contributed by atoms with Gasteiger partial charge in [-0.1, -0.05) is 81.4 Å². The first-order valence-electron chi connectivity index (χ1n) is 11.1. The third kappa shape index (κ3) is 3.90. The molecule has 5 rings (SSSR count). The highest BCUT2D eigenvalue weighted by atomic mass is 15.0. The lowest BCUT2D eigenvalue weighted by Gasteiger charge is -2.62.